The van der Waals surface area contributed by atoms with Gasteiger partial charge in [-0.15, -0.1) is 0 Å². The van der Waals surface area contributed by atoms with Crippen LogP contribution in [0.2, 0.25) is 0 Å². The first-order chi connectivity index (χ1) is 10.0. The molecule has 0 saturated heterocycles. The zero-order chi connectivity index (χ0) is 16.1. The summed E-state index contributed by atoms with van der Waals surface area (Å²) in [5.74, 6) is -0.438. The van der Waals surface area contributed by atoms with Crippen LogP contribution in [0.25, 0.3) is 0 Å². The third-order valence-electron chi connectivity index (χ3n) is 3.20. The zero-order valence-corrected chi connectivity index (χ0v) is 14.2. The van der Waals surface area contributed by atoms with Crippen molar-refractivity contribution in [1.82, 2.24) is 0 Å². The predicted octanol–water partition coefficient (Wildman–Crippen LogP) is 4.26. The van der Waals surface area contributed by atoms with Gasteiger partial charge in [-0.25, -0.2) is 4.79 Å². The summed E-state index contributed by atoms with van der Waals surface area (Å²) < 4.78 is 10.3. The van der Waals surface area contributed by atoms with E-state index in [0.717, 1.165) is 19.3 Å². The van der Waals surface area contributed by atoms with Crippen molar-refractivity contribution in [2.75, 3.05) is 6.61 Å². The number of esters is 2. The molecule has 0 aromatic heterocycles. The Labute approximate surface area is 129 Å². The molecular weight excluding hydrogens is 268 g/mol. The highest BCUT2D eigenvalue weighted by Gasteiger charge is 2.22. The van der Waals surface area contributed by atoms with Gasteiger partial charge in [-0.05, 0) is 18.8 Å². The Hall–Kier alpha value is -1.06. The van der Waals surface area contributed by atoms with E-state index in [1.165, 1.54) is 19.3 Å². The van der Waals surface area contributed by atoms with E-state index in [0.29, 0.717) is 19.4 Å². The number of hydrogen-bond acceptors (Lipinski definition) is 4. The number of carbonyl (C=O) groups is 2. The summed E-state index contributed by atoms with van der Waals surface area (Å²) in [5.41, 5.74) is 0. The van der Waals surface area contributed by atoms with E-state index in [2.05, 4.69) is 6.92 Å². The topological polar surface area (TPSA) is 52.6 Å². The van der Waals surface area contributed by atoms with Gasteiger partial charge in [-0.1, -0.05) is 59.8 Å². The molecule has 21 heavy (non-hydrogen) atoms. The van der Waals surface area contributed by atoms with Crippen LogP contribution in [-0.2, 0) is 19.1 Å². The molecule has 0 aliphatic heterocycles. The standard InChI is InChI=1S/C17H32O4/c1-5-7-8-9-10-11-12-16(18)21-15(6-2)17(19)20-13-14(3)4/h14-15H,5-13H2,1-4H3/t15-/m1/s1. The molecule has 1 atom stereocenters. The van der Waals surface area contributed by atoms with Crippen LogP contribution in [0.1, 0.15) is 79.1 Å². The molecular formula is C17H32O4. The molecule has 0 aromatic carbocycles. The molecule has 0 fully saturated rings. The maximum Gasteiger partial charge on any atom is 0.347 e. The summed E-state index contributed by atoms with van der Waals surface area (Å²) in [4.78, 5) is 23.5. The van der Waals surface area contributed by atoms with Gasteiger partial charge in [0.2, 0.25) is 0 Å². The summed E-state index contributed by atoms with van der Waals surface area (Å²) in [6, 6.07) is 0. The second kappa shape index (κ2) is 12.7. The minimum absolute atomic E-state index is 0.283. The van der Waals surface area contributed by atoms with E-state index in [9.17, 15) is 9.59 Å². The van der Waals surface area contributed by atoms with E-state index in [1.807, 2.05) is 20.8 Å². The fourth-order valence-electron chi connectivity index (χ4n) is 1.91. The number of unbranched alkanes of at least 4 members (excludes halogenated alkanes) is 5. The van der Waals surface area contributed by atoms with Gasteiger partial charge in [0.15, 0.2) is 6.10 Å². The quantitative estimate of drug-likeness (QED) is 0.399. The molecule has 0 amide bonds. The Morgan fingerprint density at radius 2 is 1.57 bits per heavy atom. The molecule has 0 aliphatic carbocycles. The molecule has 0 unspecified atom stereocenters. The Balaban J connectivity index is 3.85. The minimum atomic E-state index is -0.753. The Morgan fingerprint density at radius 3 is 2.14 bits per heavy atom. The molecule has 0 rings (SSSR count). The monoisotopic (exact) mass is 300 g/mol. The molecule has 124 valence electrons. The van der Waals surface area contributed by atoms with E-state index < -0.39 is 12.1 Å². The second-order valence-electron chi connectivity index (χ2n) is 5.93. The van der Waals surface area contributed by atoms with Crippen LogP contribution < -0.4 is 0 Å². The van der Waals surface area contributed by atoms with Gasteiger partial charge < -0.3 is 9.47 Å². The van der Waals surface area contributed by atoms with Crippen LogP contribution >= 0.6 is 0 Å². The van der Waals surface area contributed by atoms with E-state index in [4.69, 9.17) is 9.47 Å². The fraction of sp³-hybridized carbons (Fsp3) is 0.882. The van der Waals surface area contributed by atoms with Crippen LogP contribution in [0.5, 0.6) is 0 Å². The third-order valence-corrected chi connectivity index (χ3v) is 3.20. The van der Waals surface area contributed by atoms with Crippen molar-refractivity contribution in [3.8, 4) is 0 Å². The van der Waals surface area contributed by atoms with Crippen LogP contribution in [0.3, 0.4) is 0 Å². The second-order valence-corrected chi connectivity index (χ2v) is 5.93. The molecule has 0 bridgehead atoms. The maximum atomic E-state index is 11.8. The first kappa shape index (κ1) is 19.9. The summed E-state index contributed by atoms with van der Waals surface area (Å²) >= 11 is 0. The largest absolute Gasteiger partial charge is 0.463 e. The van der Waals surface area contributed by atoms with Gasteiger partial charge in [0.25, 0.3) is 0 Å². The van der Waals surface area contributed by atoms with Crippen molar-refractivity contribution in [1.29, 1.82) is 0 Å². The first-order valence-electron chi connectivity index (χ1n) is 8.37. The molecule has 0 radical (unpaired) electrons. The summed E-state index contributed by atoms with van der Waals surface area (Å²) in [5, 5.41) is 0. The number of hydrogen-bond donors (Lipinski definition) is 0. The molecule has 0 aliphatic rings. The Bertz CT molecular complexity index is 287. The van der Waals surface area contributed by atoms with E-state index >= 15 is 0 Å². The van der Waals surface area contributed by atoms with Crippen LogP contribution in [0.4, 0.5) is 0 Å². The van der Waals surface area contributed by atoms with Gasteiger partial charge in [0.05, 0.1) is 6.61 Å². The zero-order valence-electron chi connectivity index (χ0n) is 14.2. The average Bonchev–Trinajstić information content (AvgIpc) is 2.45. The molecule has 4 nitrogen and oxygen atoms in total. The first-order valence-corrected chi connectivity index (χ1v) is 8.37. The lowest BCUT2D eigenvalue weighted by Gasteiger charge is -2.16. The van der Waals surface area contributed by atoms with Gasteiger partial charge >= 0.3 is 11.9 Å². The van der Waals surface area contributed by atoms with Crippen LogP contribution in [-0.4, -0.2) is 24.6 Å². The minimum Gasteiger partial charge on any atom is -0.463 e. The summed E-state index contributed by atoms with van der Waals surface area (Å²) in [7, 11) is 0. The van der Waals surface area contributed by atoms with Crippen LogP contribution in [0.15, 0.2) is 0 Å². The normalized spacial score (nSPS) is 12.2. The van der Waals surface area contributed by atoms with Crippen molar-refractivity contribution in [2.24, 2.45) is 5.92 Å². The smallest absolute Gasteiger partial charge is 0.347 e. The summed E-state index contributed by atoms with van der Waals surface area (Å²) in [6.45, 7) is 8.31. The van der Waals surface area contributed by atoms with Gasteiger partial charge in [-0.3, -0.25) is 4.79 Å². The van der Waals surface area contributed by atoms with Gasteiger partial charge in [0.1, 0.15) is 0 Å². The number of rotatable bonds is 12. The maximum absolute atomic E-state index is 11.8. The highest BCUT2D eigenvalue weighted by Crippen LogP contribution is 2.10. The fourth-order valence-corrected chi connectivity index (χ4v) is 1.91. The number of ether oxygens (including phenoxy) is 2. The SMILES string of the molecule is CCCCCCCCC(=O)O[C@H](CC)C(=O)OCC(C)C. The lowest BCUT2D eigenvalue weighted by molar-refractivity contribution is -0.168. The van der Waals surface area contributed by atoms with Gasteiger partial charge in [0, 0.05) is 6.42 Å². The Morgan fingerprint density at radius 1 is 0.952 bits per heavy atom. The van der Waals surface area contributed by atoms with Crippen molar-refractivity contribution in [3.05, 3.63) is 0 Å². The highest BCUT2D eigenvalue weighted by atomic mass is 16.6. The molecule has 0 aromatic rings. The molecule has 0 saturated carbocycles. The molecule has 0 heterocycles. The molecule has 0 N–H and O–H groups in total. The molecule has 0 spiro atoms. The van der Waals surface area contributed by atoms with Crippen molar-refractivity contribution in [2.45, 2.75) is 85.2 Å². The van der Waals surface area contributed by atoms with Crippen molar-refractivity contribution >= 4 is 11.9 Å². The Kier molecular flexibility index (Phi) is 12.0. The lowest BCUT2D eigenvalue weighted by Crippen LogP contribution is -2.29. The van der Waals surface area contributed by atoms with Crippen molar-refractivity contribution in [3.63, 3.8) is 0 Å². The lowest BCUT2D eigenvalue weighted by atomic mass is 10.1. The van der Waals surface area contributed by atoms with E-state index in [-0.39, 0.29) is 11.9 Å². The molecule has 4 heteroatoms. The summed E-state index contributed by atoms with van der Waals surface area (Å²) in [6.07, 6.45) is 6.84. The van der Waals surface area contributed by atoms with Crippen molar-refractivity contribution < 1.29 is 19.1 Å². The average molecular weight is 300 g/mol. The van der Waals surface area contributed by atoms with E-state index in [1.54, 1.807) is 0 Å². The number of carbonyl (C=O) groups excluding carboxylic acids is 2. The van der Waals surface area contributed by atoms with Gasteiger partial charge in [-0.2, -0.15) is 0 Å². The predicted molar refractivity (Wildman–Crippen MR) is 84.0 cm³/mol. The third kappa shape index (κ3) is 11.3. The highest BCUT2D eigenvalue weighted by molar-refractivity contribution is 5.79. The van der Waals surface area contributed by atoms with Crippen LogP contribution in [0, 0.1) is 5.92 Å².